The summed E-state index contributed by atoms with van der Waals surface area (Å²) in [7, 11) is -2.83. The molecule has 3 aromatic rings. The maximum atomic E-state index is 13.1. The van der Waals surface area contributed by atoms with Gasteiger partial charge in [0.1, 0.15) is 0 Å². The first-order valence-corrected chi connectivity index (χ1v) is 13.3. The SMILES string of the molecule is CCNC(=O)c1ccc(Oc2ccc(C(Cl)C(=O)O)cc2OC)c(NS(=O)(=O)c2ccc(Cl)c(Cl)c2)c1. The molecule has 0 fully saturated rings. The van der Waals surface area contributed by atoms with Gasteiger partial charge < -0.3 is 19.9 Å². The Morgan fingerprint density at radius 1 is 0.973 bits per heavy atom. The van der Waals surface area contributed by atoms with Crippen LogP contribution in [0.25, 0.3) is 0 Å². The maximum Gasteiger partial charge on any atom is 0.326 e. The second-order valence-corrected chi connectivity index (χ2v) is 10.4. The van der Waals surface area contributed by atoms with Gasteiger partial charge in [-0.3, -0.25) is 14.3 Å². The highest BCUT2D eigenvalue weighted by atomic mass is 35.5. The lowest BCUT2D eigenvalue weighted by Crippen LogP contribution is -2.23. The van der Waals surface area contributed by atoms with Gasteiger partial charge in [0, 0.05) is 12.1 Å². The molecule has 37 heavy (non-hydrogen) atoms. The number of carboxylic acids is 1. The highest BCUT2D eigenvalue weighted by Crippen LogP contribution is 2.39. The van der Waals surface area contributed by atoms with Gasteiger partial charge in [0.2, 0.25) is 0 Å². The molecule has 0 aliphatic carbocycles. The number of aliphatic carboxylic acids is 1. The van der Waals surface area contributed by atoms with Gasteiger partial charge in [0.25, 0.3) is 15.9 Å². The zero-order valence-electron chi connectivity index (χ0n) is 19.4. The van der Waals surface area contributed by atoms with Gasteiger partial charge in [-0.15, -0.1) is 11.6 Å². The Labute approximate surface area is 228 Å². The molecule has 196 valence electrons. The molecule has 0 aliphatic heterocycles. The average Bonchev–Trinajstić information content (AvgIpc) is 2.86. The van der Waals surface area contributed by atoms with Gasteiger partial charge in [-0.25, -0.2) is 8.42 Å². The normalized spacial score (nSPS) is 11.9. The minimum absolute atomic E-state index is 0.0309. The standard InChI is InChI=1S/C24H21Cl3N2O7S/c1-3-28-23(30)14-5-8-19(36-20-9-4-13(11-21(20)35-2)22(27)24(31)32)18(10-14)29-37(33,34)15-6-7-16(25)17(26)12-15/h4-12,22,29H,3H2,1-2H3,(H,28,30)(H,31,32). The van der Waals surface area contributed by atoms with Crippen LogP contribution in [0.15, 0.2) is 59.5 Å². The van der Waals surface area contributed by atoms with Gasteiger partial charge in [-0.1, -0.05) is 29.3 Å². The summed E-state index contributed by atoms with van der Waals surface area (Å²) in [4.78, 5) is 23.5. The quantitative estimate of drug-likeness (QED) is 0.259. The van der Waals surface area contributed by atoms with E-state index in [1.807, 2.05) is 0 Å². The third kappa shape index (κ3) is 6.78. The summed E-state index contributed by atoms with van der Waals surface area (Å²) in [5.74, 6) is -1.34. The van der Waals surface area contributed by atoms with Crippen molar-refractivity contribution < 1.29 is 32.6 Å². The van der Waals surface area contributed by atoms with Crippen LogP contribution in [0, 0.1) is 0 Å². The minimum Gasteiger partial charge on any atom is -0.493 e. The molecule has 1 unspecified atom stereocenters. The molecule has 0 saturated heterocycles. The third-order valence-electron chi connectivity index (χ3n) is 4.94. The van der Waals surface area contributed by atoms with Crippen molar-refractivity contribution in [2.75, 3.05) is 18.4 Å². The predicted molar refractivity (Wildman–Crippen MR) is 141 cm³/mol. The number of rotatable bonds is 10. The van der Waals surface area contributed by atoms with Crippen LogP contribution < -0.4 is 19.5 Å². The van der Waals surface area contributed by atoms with E-state index in [1.165, 1.54) is 61.7 Å². The number of benzene rings is 3. The summed E-state index contributed by atoms with van der Waals surface area (Å²) in [6.07, 6.45) is 0. The zero-order valence-corrected chi connectivity index (χ0v) is 22.5. The number of carbonyl (C=O) groups excluding carboxylic acids is 1. The zero-order chi connectivity index (χ0) is 27.3. The first-order chi connectivity index (χ1) is 17.5. The Balaban J connectivity index is 2.05. The van der Waals surface area contributed by atoms with E-state index in [0.29, 0.717) is 6.54 Å². The van der Waals surface area contributed by atoms with E-state index in [4.69, 9.17) is 49.4 Å². The van der Waals surface area contributed by atoms with Crippen molar-refractivity contribution in [1.29, 1.82) is 0 Å². The predicted octanol–water partition coefficient (Wildman–Crippen LogP) is 5.71. The van der Waals surface area contributed by atoms with Crippen LogP contribution in [-0.4, -0.2) is 39.1 Å². The lowest BCUT2D eigenvalue weighted by molar-refractivity contribution is -0.136. The van der Waals surface area contributed by atoms with Crippen LogP contribution in [0.5, 0.6) is 17.2 Å². The number of hydrogen-bond acceptors (Lipinski definition) is 6. The van der Waals surface area contributed by atoms with Gasteiger partial charge >= 0.3 is 5.97 Å². The number of hydrogen-bond donors (Lipinski definition) is 3. The fourth-order valence-corrected chi connectivity index (χ4v) is 4.72. The van der Waals surface area contributed by atoms with E-state index < -0.39 is 27.3 Å². The van der Waals surface area contributed by atoms with Crippen molar-refractivity contribution in [2.24, 2.45) is 0 Å². The van der Waals surface area contributed by atoms with E-state index in [1.54, 1.807) is 6.92 Å². The Morgan fingerprint density at radius 2 is 1.68 bits per heavy atom. The smallest absolute Gasteiger partial charge is 0.326 e. The molecule has 1 atom stereocenters. The number of ether oxygens (including phenoxy) is 2. The highest BCUT2D eigenvalue weighted by Gasteiger charge is 2.22. The summed E-state index contributed by atoms with van der Waals surface area (Å²) < 4.78 is 39.9. The first kappa shape index (κ1) is 28.4. The summed E-state index contributed by atoms with van der Waals surface area (Å²) in [6, 6.07) is 12.2. The topological polar surface area (TPSA) is 131 Å². The summed E-state index contributed by atoms with van der Waals surface area (Å²) in [6.45, 7) is 2.11. The van der Waals surface area contributed by atoms with E-state index in [-0.39, 0.29) is 49.0 Å². The third-order valence-corrected chi connectivity index (χ3v) is 7.48. The number of alkyl halides is 1. The molecule has 3 rings (SSSR count). The molecule has 0 heterocycles. The molecule has 0 spiro atoms. The largest absolute Gasteiger partial charge is 0.493 e. The molecule has 13 heteroatoms. The molecule has 1 amide bonds. The highest BCUT2D eigenvalue weighted by molar-refractivity contribution is 7.92. The van der Waals surface area contributed by atoms with E-state index in [0.717, 1.165) is 0 Å². The number of nitrogens with one attached hydrogen (secondary N) is 2. The van der Waals surface area contributed by atoms with E-state index >= 15 is 0 Å². The fourth-order valence-electron chi connectivity index (χ4n) is 3.14. The van der Waals surface area contributed by atoms with Crippen LogP contribution in [0.3, 0.4) is 0 Å². The molecule has 0 saturated carbocycles. The van der Waals surface area contributed by atoms with Crippen molar-refractivity contribution in [3.05, 3.63) is 75.8 Å². The molecule has 0 aromatic heterocycles. The molecule has 3 aromatic carbocycles. The summed E-state index contributed by atoms with van der Waals surface area (Å²) in [5, 5.41) is 10.7. The van der Waals surface area contributed by atoms with Crippen molar-refractivity contribution in [2.45, 2.75) is 17.2 Å². The van der Waals surface area contributed by atoms with Crippen LogP contribution in [0.1, 0.15) is 28.2 Å². The van der Waals surface area contributed by atoms with Crippen LogP contribution in [0.2, 0.25) is 10.0 Å². The number of amides is 1. The van der Waals surface area contributed by atoms with Crippen molar-refractivity contribution in [1.82, 2.24) is 5.32 Å². The van der Waals surface area contributed by atoms with Crippen LogP contribution in [-0.2, 0) is 14.8 Å². The second-order valence-electron chi connectivity index (χ2n) is 7.46. The molecular formula is C24H21Cl3N2O7S. The van der Waals surface area contributed by atoms with E-state index in [9.17, 15) is 18.0 Å². The Bertz CT molecular complexity index is 1450. The molecule has 0 bridgehead atoms. The lowest BCUT2D eigenvalue weighted by Gasteiger charge is -2.17. The van der Waals surface area contributed by atoms with Crippen LogP contribution >= 0.6 is 34.8 Å². The van der Waals surface area contributed by atoms with Crippen molar-refractivity contribution >= 4 is 62.4 Å². The Kier molecular flexibility index (Phi) is 9.14. The number of methoxy groups -OCH3 is 1. The number of sulfonamides is 1. The monoisotopic (exact) mass is 586 g/mol. The number of anilines is 1. The van der Waals surface area contributed by atoms with Gasteiger partial charge in [0.15, 0.2) is 22.6 Å². The first-order valence-electron chi connectivity index (χ1n) is 10.6. The molecule has 0 radical (unpaired) electrons. The average molecular weight is 588 g/mol. The van der Waals surface area contributed by atoms with Gasteiger partial charge in [0.05, 0.1) is 27.7 Å². The van der Waals surface area contributed by atoms with Gasteiger partial charge in [-0.05, 0) is 61.0 Å². The van der Waals surface area contributed by atoms with Crippen molar-refractivity contribution in [3.63, 3.8) is 0 Å². The molecule has 0 aliphatic rings. The molecule has 9 nitrogen and oxygen atoms in total. The van der Waals surface area contributed by atoms with Gasteiger partial charge in [-0.2, -0.15) is 0 Å². The summed E-state index contributed by atoms with van der Waals surface area (Å²) in [5.41, 5.74) is 0.377. The van der Waals surface area contributed by atoms with Crippen molar-refractivity contribution in [3.8, 4) is 17.2 Å². The molecule has 3 N–H and O–H groups in total. The Hall–Kier alpha value is -3.18. The summed E-state index contributed by atoms with van der Waals surface area (Å²) >= 11 is 17.8. The Morgan fingerprint density at radius 3 is 2.30 bits per heavy atom. The van der Waals surface area contributed by atoms with E-state index in [2.05, 4.69) is 10.0 Å². The lowest BCUT2D eigenvalue weighted by atomic mass is 10.1. The van der Waals surface area contributed by atoms with Crippen LogP contribution in [0.4, 0.5) is 5.69 Å². The number of carbonyl (C=O) groups is 2. The second kappa shape index (κ2) is 11.9. The number of halogens is 3. The number of carboxylic acid groups (broad SMARTS) is 1. The maximum absolute atomic E-state index is 13.1. The minimum atomic E-state index is -4.18. The fraction of sp³-hybridized carbons (Fsp3) is 0.167. The molecular weight excluding hydrogens is 567 g/mol.